The Morgan fingerprint density at radius 3 is 2.18 bits per heavy atom. The molecule has 0 fully saturated rings. The lowest BCUT2D eigenvalue weighted by Gasteiger charge is -2.12. The molecule has 0 heterocycles. The first kappa shape index (κ1) is 14.6. The molecule has 0 aliphatic carbocycles. The third kappa shape index (κ3) is 5.13. The summed E-state index contributed by atoms with van der Waals surface area (Å²) in [6.45, 7) is -1.85. The predicted molar refractivity (Wildman–Crippen MR) is 63.8 cm³/mol. The summed E-state index contributed by atoms with van der Waals surface area (Å²) in [4.78, 5) is 0. The monoisotopic (exact) mass is 377 g/mol. The van der Waals surface area contributed by atoms with E-state index in [-0.39, 0.29) is 0 Å². The average molecular weight is 379 g/mol. The molecule has 0 amide bonds. The minimum absolute atomic E-state index is 0.335. The molecular weight excluding hydrogens is 371 g/mol. The zero-order valence-electron chi connectivity index (χ0n) is 8.35. The molecular formula is C9H8Br2F3NO2. The number of rotatable bonds is 4. The van der Waals surface area contributed by atoms with E-state index in [0.29, 0.717) is 20.4 Å². The van der Waals surface area contributed by atoms with Crippen LogP contribution in [0.3, 0.4) is 0 Å². The Morgan fingerprint density at radius 1 is 1.18 bits per heavy atom. The van der Waals surface area contributed by atoms with Crippen LogP contribution in [-0.4, -0.2) is 19.6 Å². The van der Waals surface area contributed by atoms with Crippen LogP contribution in [0.25, 0.3) is 0 Å². The Kier molecular flexibility index (Phi) is 5.08. The molecule has 17 heavy (non-hydrogen) atoms. The van der Waals surface area contributed by atoms with E-state index < -0.39 is 19.6 Å². The lowest BCUT2D eigenvalue weighted by Crippen LogP contribution is -2.19. The number of alkyl halides is 3. The molecule has 0 saturated heterocycles. The lowest BCUT2D eigenvalue weighted by molar-refractivity contribution is -0.186. The van der Waals surface area contributed by atoms with Gasteiger partial charge in [-0.1, -0.05) is 0 Å². The van der Waals surface area contributed by atoms with E-state index in [1.54, 1.807) is 12.1 Å². The van der Waals surface area contributed by atoms with Crippen molar-refractivity contribution in [3.63, 3.8) is 0 Å². The maximum absolute atomic E-state index is 11.8. The van der Waals surface area contributed by atoms with Crippen molar-refractivity contribution in [1.29, 1.82) is 0 Å². The summed E-state index contributed by atoms with van der Waals surface area (Å²) < 4.78 is 45.8. The van der Waals surface area contributed by atoms with Crippen molar-refractivity contribution in [3.8, 4) is 5.75 Å². The quantitative estimate of drug-likeness (QED) is 0.493. The first-order valence-corrected chi connectivity index (χ1v) is 5.90. The lowest BCUT2D eigenvalue weighted by atomic mass is 10.3. The summed E-state index contributed by atoms with van der Waals surface area (Å²) in [5.41, 5.74) is 6.04. The molecule has 0 bridgehead atoms. The Balaban J connectivity index is 2.53. The van der Waals surface area contributed by atoms with Crippen LogP contribution < -0.4 is 10.5 Å². The maximum atomic E-state index is 11.8. The van der Waals surface area contributed by atoms with Gasteiger partial charge in [-0.05, 0) is 44.0 Å². The standard InChI is InChI=1S/C9H8Br2F3NO2/c10-6-1-5(15)2-7(11)8(6)17-4-16-3-9(12,13)14/h1-2H,3-4,15H2. The number of nitrogens with two attached hydrogens (primary N) is 1. The van der Waals surface area contributed by atoms with Crippen molar-refractivity contribution in [2.75, 3.05) is 19.1 Å². The minimum atomic E-state index is -4.36. The summed E-state index contributed by atoms with van der Waals surface area (Å²) >= 11 is 6.35. The molecule has 1 aromatic carbocycles. The number of hydrogen-bond acceptors (Lipinski definition) is 3. The van der Waals surface area contributed by atoms with Crippen LogP contribution in [0.4, 0.5) is 18.9 Å². The highest BCUT2D eigenvalue weighted by Crippen LogP contribution is 2.35. The molecule has 0 spiro atoms. The molecule has 3 nitrogen and oxygen atoms in total. The largest absolute Gasteiger partial charge is 0.465 e. The fourth-order valence-corrected chi connectivity index (χ4v) is 2.43. The van der Waals surface area contributed by atoms with Crippen LogP contribution in [-0.2, 0) is 4.74 Å². The topological polar surface area (TPSA) is 44.5 Å². The number of anilines is 1. The van der Waals surface area contributed by atoms with Crippen LogP contribution in [0, 0.1) is 0 Å². The first-order valence-electron chi connectivity index (χ1n) is 4.31. The van der Waals surface area contributed by atoms with Crippen molar-refractivity contribution in [3.05, 3.63) is 21.1 Å². The van der Waals surface area contributed by atoms with E-state index in [0.717, 1.165) is 0 Å². The molecule has 0 aliphatic heterocycles. The molecule has 8 heteroatoms. The summed E-state index contributed by atoms with van der Waals surface area (Å²) in [6.07, 6.45) is -4.36. The van der Waals surface area contributed by atoms with Crippen LogP contribution in [0.2, 0.25) is 0 Å². The summed E-state index contributed by atoms with van der Waals surface area (Å²) in [5.74, 6) is 0.335. The normalized spacial score (nSPS) is 11.6. The van der Waals surface area contributed by atoms with E-state index in [2.05, 4.69) is 36.6 Å². The van der Waals surface area contributed by atoms with Crippen LogP contribution in [0.5, 0.6) is 5.75 Å². The second-order valence-corrected chi connectivity index (χ2v) is 4.75. The van der Waals surface area contributed by atoms with Gasteiger partial charge in [-0.25, -0.2) is 0 Å². The molecule has 0 saturated carbocycles. The van der Waals surface area contributed by atoms with Gasteiger partial charge in [0.15, 0.2) is 12.5 Å². The fourth-order valence-electron chi connectivity index (χ4n) is 0.975. The van der Waals surface area contributed by atoms with E-state index in [1.165, 1.54) is 0 Å². The second kappa shape index (κ2) is 5.92. The molecule has 0 aliphatic rings. The molecule has 1 aromatic rings. The highest BCUT2D eigenvalue weighted by Gasteiger charge is 2.27. The van der Waals surface area contributed by atoms with E-state index in [9.17, 15) is 13.2 Å². The maximum Gasteiger partial charge on any atom is 0.411 e. The van der Waals surface area contributed by atoms with E-state index in [4.69, 9.17) is 10.5 Å². The summed E-state index contributed by atoms with van der Waals surface area (Å²) in [7, 11) is 0. The van der Waals surface area contributed by atoms with Gasteiger partial charge in [0.2, 0.25) is 0 Å². The first-order chi connectivity index (χ1) is 7.79. The highest BCUT2D eigenvalue weighted by molar-refractivity contribution is 9.11. The van der Waals surface area contributed by atoms with E-state index in [1.807, 2.05) is 0 Å². The van der Waals surface area contributed by atoms with Gasteiger partial charge < -0.3 is 15.2 Å². The molecule has 0 aromatic heterocycles. The van der Waals surface area contributed by atoms with Gasteiger partial charge in [0.1, 0.15) is 6.61 Å². The van der Waals surface area contributed by atoms with Gasteiger partial charge in [-0.15, -0.1) is 0 Å². The molecule has 2 N–H and O–H groups in total. The fraction of sp³-hybridized carbons (Fsp3) is 0.333. The minimum Gasteiger partial charge on any atom is -0.465 e. The van der Waals surface area contributed by atoms with Crippen molar-refractivity contribution >= 4 is 37.5 Å². The number of hydrogen-bond donors (Lipinski definition) is 1. The van der Waals surface area contributed by atoms with Crippen molar-refractivity contribution < 1.29 is 22.6 Å². The summed E-state index contributed by atoms with van der Waals surface area (Å²) in [5, 5.41) is 0. The average Bonchev–Trinajstić information content (AvgIpc) is 2.13. The van der Waals surface area contributed by atoms with Crippen molar-refractivity contribution in [2.45, 2.75) is 6.18 Å². The number of nitrogen functional groups attached to an aromatic ring is 1. The molecule has 96 valence electrons. The predicted octanol–water partition coefficient (Wildman–Crippen LogP) is 3.71. The molecule has 0 unspecified atom stereocenters. The second-order valence-electron chi connectivity index (χ2n) is 3.04. The zero-order chi connectivity index (χ0) is 13.1. The number of halogens is 5. The molecule has 0 atom stereocenters. The molecule has 0 radical (unpaired) electrons. The van der Waals surface area contributed by atoms with Crippen LogP contribution in [0.1, 0.15) is 0 Å². The third-order valence-corrected chi connectivity index (χ3v) is 2.75. The highest BCUT2D eigenvalue weighted by atomic mass is 79.9. The van der Waals surface area contributed by atoms with Gasteiger partial charge in [-0.2, -0.15) is 13.2 Å². The summed E-state index contributed by atoms with van der Waals surface area (Å²) in [6, 6.07) is 3.15. The smallest absolute Gasteiger partial charge is 0.411 e. The van der Waals surface area contributed by atoms with E-state index >= 15 is 0 Å². The Morgan fingerprint density at radius 2 is 1.71 bits per heavy atom. The Labute approximate surface area is 112 Å². The number of benzene rings is 1. The molecule has 1 rings (SSSR count). The van der Waals surface area contributed by atoms with Gasteiger partial charge in [0.25, 0.3) is 0 Å². The van der Waals surface area contributed by atoms with Crippen LogP contribution >= 0.6 is 31.9 Å². The van der Waals surface area contributed by atoms with Crippen LogP contribution in [0.15, 0.2) is 21.1 Å². The van der Waals surface area contributed by atoms with Gasteiger partial charge in [-0.3, -0.25) is 0 Å². The van der Waals surface area contributed by atoms with Gasteiger partial charge in [0.05, 0.1) is 8.95 Å². The van der Waals surface area contributed by atoms with Crippen molar-refractivity contribution in [2.24, 2.45) is 0 Å². The third-order valence-electron chi connectivity index (χ3n) is 1.57. The van der Waals surface area contributed by atoms with Gasteiger partial charge >= 0.3 is 6.18 Å². The Bertz CT molecular complexity index is 375. The Hall–Kier alpha value is -0.470. The number of ether oxygens (including phenoxy) is 2. The van der Waals surface area contributed by atoms with Gasteiger partial charge in [0, 0.05) is 5.69 Å². The SMILES string of the molecule is Nc1cc(Br)c(OCOCC(F)(F)F)c(Br)c1. The van der Waals surface area contributed by atoms with Crippen molar-refractivity contribution in [1.82, 2.24) is 0 Å². The zero-order valence-corrected chi connectivity index (χ0v) is 11.5.